The van der Waals surface area contributed by atoms with Crippen LogP contribution in [0.2, 0.25) is 0 Å². The molecule has 0 aliphatic carbocycles. The fourth-order valence-corrected chi connectivity index (χ4v) is 2.27. The zero-order chi connectivity index (χ0) is 15.1. The summed E-state index contributed by atoms with van der Waals surface area (Å²) in [6, 6.07) is 18.9. The van der Waals surface area contributed by atoms with Gasteiger partial charge in [-0.15, -0.1) is 0 Å². The van der Waals surface area contributed by atoms with E-state index >= 15 is 0 Å². The lowest BCUT2D eigenvalue weighted by Gasteiger charge is -2.13. The molecule has 21 heavy (non-hydrogen) atoms. The maximum atomic E-state index is 12.6. The highest BCUT2D eigenvalue weighted by Gasteiger charge is 2.21. The van der Waals surface area contributed by atoms with Crippen molar-refractivity contribution in [2.75, 3.05) is 7.11 Å². The molecule has 3 heteroatoms. The van der Waals surface area contributed by atoms with Crippen LogP contribution in [0.3, 0.4) is 0 Å². The molecule has 0 amide bonds. The Morgan fingerprint density at radius 2 is 1.81 bits per heavy atom. The second-order valence-electron chi connectivity index (χ2n) is 4.82. The van der Waals surface area contributed by atoms with E-state index in [2.05, 4.69) is 6.07 Å². The van der Waals surface area contributed by atoms with Gasteiger partial charge < -0.3 is 4.74 Å². The zero-order valence-electron chi connectivity index (χ0n) is 12.0. The smallest absolute Gasteiger partial charge is 0.171 e. The van der Waals surface area contributed by atoms with E-state index in [1.54, 1.807) is 19.2 Å². The van der Waals surface area contributed by atoms with Crippen molar-refractivity contribution in [1.29, 1.82) is 5.26 Å². The Balaban J connectivity index is 2.24. The van der Waals surface area contributed by atoms with Gasteiger partial charge in [-0.3, -0.25) is 4.79 Å². The molecule has 2 aromatic rings. The van der Waals surface area contributed by atoms with Crippen molar-refractivity contribution in [1.82, 2.24) is 0 Å². The standard InChI is InChI=1S/C18H17NO2/c1-21-13-14-7-9-16(10-8-14)18(20)17(11-12-19)15-5-3-2-4-6-15/h2-10,17H,11,13H2,1H3. The molecule has 2 rings (SSSR count). The van der Waals surface area contributed by atoms with E-state index in [9.17, 15) is 4.79 Å². The summed E-state index contributed by atoms with van der Waals surface area (Å²) in [5.74, 6) is -0.434. The maximum Gasteiger partial charge on any atom is 0.171 e. The van der Waals surface area contributed by atoms with Crippen LogP contribution < -0.4 is 0 Å². The Labute approximate surface area is 124 Å². The van der Waals surface area contributed by atoms with Crippen LogP contribution in [0.25, 0.3) is 0 Å². The highest BCUT2D eigenvalue weighted by atomic mass is 16.5. The number of Topliss-reactive ketones (excluding diaryl/α,β-unsaturated/α-hetero) is 1. The molecule has 0 N–H and O–H groups in total. The first kappa shape index (κ1) is 15.0. The number of nitrogens with zero attached hydrogens (tertiary/aromatic N) is 1. The molecule has 0 saturated carbocycles. The number of ketones is 1. The molecule has 0 fully saturated rings. The summed E-state index contributed by atoms with van der Waals surface area (Å²) in [7, 11) is 1.64. The van der Waals surface area contributed by atoms with Gasteiger partial charge in [-0.25, -0.2) is 0 Å². The van der Waals surface area contributed by atoms with E-state index in [-0.39, 0.29) is 12.2 Å². The van der Waals surface area contributed by atoms with Gasteiger partial charge in [-0.2, -0.15) is 5.26 Å². The summed E-state index contributed by atoms with van der Waals surface area (Å²) < 4.78 is 5.06. The lowest BCUT2D eigenvalue weighted by atomic mass is 9.88. The molecule has 0 aromatic heterocycles. The quantitative estimate of drug-likeness (QED) is 0.757. The lowest BCUT2D eigenvalue weighted by molar-refractivity contribution is 0.0960. The van der Waals surface area contributed by atoms with Crippen LogP contribution in [0, 0.1) is 11.3 Å². The Kier molecular flexibility index (Phi) is 5.25. The number of hydrogen-bond acceptors (Lipinski definition) is 3. The molecule has 106 valence electrons. The average Bonchev–Trinajstić information content (AvgIpc) is 2.54. The fourth-order valence-electron chi connectivity index (χ4n) is 2.27. The van der Waals surface area contributed by atoms with Crippen LogP contribution in [0.1, 0.15) is 33.8 Å². The monoisotopic (exact) mass is 279 g/mol. The van der Waals surface area contributed by atoms with E-state index in [1.165, 1.54) is 0 Å². The summed E-state index contributed by atoms with van der Waals surface area (Å²) in [4.78, 5) is 12.6. The first-order valence-electron chi connectivity index (χ1n) is 6.80. The fraction of sp³-hybridized carbons (Fsp3) is 0.222. The molecule has 0 bridgehead atoms. The van der Waals surface area contributed by atoms with Crippen molar-refractivity contribution in [3.05, 3.63) is 71.3 Å². The summed E-state index contributed by atoms with van der Waals surface area (Å²) in [5, 5.41) is 8.99. The highest BCUT2D eigenvalue weighted by Crippen LogP contribution is 2.24. The van der Waals surface area contributed by atoms with Gasteiger partial charge in [0.05, 0.1) is 18.6 Å². The number of nitriles is 1. The Bertz CT molecular complexity index is 627. The molecule has 0 aliphatic heterocycles. The molecule has 1 atom stereocenters. The van der Waals surface area contributed by atoms with Gasteiger partial charge in [0.25, 0.3) is 0 Å². The molecule has 0 saturated heterocycles. The summed E-state index contributed by atoms with van der Waals surface area (Å²) in [5.41, 5.74) is 2.52. The largest absolute Gasteiger partial charge is 0.380 e. The van der Waals surface area contributed by atoms with Gasteiger partial charge in [0.1, 0.15) is 0 Å². The van der Waals surface area contributed by atoms with Crippen LogP contribution in [-0.4, -0.2) is 12.9 Å². The predicted molar refractivity (Wildman–Crippen MR) is 80.9 cm³/mol. The topological polar surface area (TPSA) is 50.1 Å². The van der Waals surface area contributed by atoms with Crippen LogP contribution >= 0.6 is 0 Å². The molecular weight excluding hydrogens is 262 g/mol. The number of rotatable bonds is 6. The third kappa shape index (κ3) is 3.77. The van der Waals surface area contributed by atoms with Crippen molar-refractivity contribution in [2.24, 2.45) is 0 Å². The van der Waals surface area contributed by atoms with E-state index in [0.29, 0.717) is 12.2 Å². The molecule has 0 aliphatic rings. The molecule has 3 nitrogen and oxygen atoms in total. The van der Waals surface area contributed by atoms with Gasteiger partial charge in [-0.1, -0.05) is 54.6 Å². The van der Waals surface area contributed by atoms with Crippen molar-refractivity contribution in [3.63, 3.8) is 0 Å². The third-order valence-electron chi connectivity index (χ3n) is 3.36. The van der Waals surface area contributed by atoms with E-state index in [1.807, 2.05) is 42.5 Å². The second-order valence-corrected chi connectivity index (χ2v) is 4.82. The van der Waals surface area contributed by atoms with Crippen molar-refractivity contribution >= 4 is 5.78 Å². The van der Waals surface area contributed by atoms with Crippen LogP contribution in [0.15, 0.2) is 54.6 Å². The second kappa shape index (κ2) is 7.37. The third-order valence-corrected chi connectivity index (χ3v) is 3.36. The highest BCUT2D eigenvalue weighted by molar-refractivity contribution is 6.01. The lowest BCUT2D eigenvalue weighted by Crippen LogP contribution is -2.12. The van der Waals surface area contributed by atoms with Crippen molar-refractivity contribution in [3.8, 4) is 6.07 Å². The number of hydrogen-bond donors (Lipinski definition) is 0. The SMILES string of the molecule is COCc1ccc(C(=O)C(CC#N)c2ccccc2)cc1. The molecule has 1 unspecified atom stereocenters. The normalized spacial score (nSPS) is 11.6. The molecule has 0 spiro atoms. The van der Waals surface area contributed by atoms with Gasteiger partial charge in [0, 0.05) is 19.1 Å². The van der Waals surface area contributed by atoms with Crippen LogP contribution in [-0.2, 0) is 11.3 Å². The number of carbonyl (C=O) groups is 1. The summed E-state index contributed by atoms with van der Waals surface area (Å²) in [6.07, 6.45) is 0.183. The van der Waals surface area contributed by atoms with Crippen molar-refractivity contribution < 1.29 is 9.53 Å². The van der Waals surface area contributed by atoms with E-state index < -0.39 is 5.92 Å². The summed E-state index contributed by atoms with van der Waals surface area (Å²) >= 11 is 0. The van der Waals surface area contributed by atoms with Crippen LogP contribution in [0.5, 0.6) is 0 Å². The van der Waals surface area contributed by atoms with E-state index in [4.69, 9.17) is 10.00 Å². The van der Waals surface area contributed by atoms with Gasteiger partial charge >= 0.3 is 0 Å². The first-order valence-corrected chi connectivity index (χ1v) is 6.80. The van der Waals surface area contributed by atoms with Gasteiger partial charge in [-0.05, 0) is 11.1 Å². The molecule has 0 heterocycles. The van der Waals surface area contributed by atoms with Crippen LogP contribution in [0.4, 0.5) is 0 Å². The predicted octanol–water partition coefficient (Wildman–Crippen LogP) is 3.71. The average molecular weight is 279 g/mol. The Morgan fingerprint density at radius 1 is 1.14 bits per heavy atom. The minimum Gasteiger partial charge on any atom is -0.380 e. The maximum absolute atomic E-state index is 12.6. The number of carbonyl (C=O) groups excluding carboxylic acids is 1. The number of ether oxygens (including phenoxy) is 1. The Hall–Kier alpha value is -2.44. The first-order chi connectivity index (χ1) is 10.3. The van der Waals surface area contributed by atoms with Crippen molar-refractivity contribution in [2.45, 2.75) is 18.9 Å². The minimum atomic E-state index is -0.413. The minimum absolute atomic E-state index is 0.0216. The van der Waals surface area contributed by atoms with E-state index in [0.717, 1.165) is 11.1 Å². The number of methoxy groups -OCH3 is 1. The summed E-state index contributed by atoms with van der Waals surface area (Å²) in [6.45, 7) is 0.523. The molecule has 2 aromatic carbocycles. The van der Waals surface area contributed by atoms with Gasteiger partial charge in [0.15, 0.2) is 5.78 Å². The molecule has 0 radical (unpaired) electrons. The number of benzene rings is 2. The molecular formula is C18H17NO2. The van der Waals surface area contributed by atoms with Gasteiger partial charge in [0.2, 0.25) is 0 Å². The zero-order valence-corrected chi connectivity index (χ0v) is 12.0. The Morgan fingerprint density at radius 3 is 2.38 bits per heavy atom.